The Bertz CT molecular complexity index is 2070. The summed E-state index contributed by atoms with van der Waals surface area (Å²) in [5, 5.41) is 5.47. The number of piperidine rings is 2. The highest BCUT2D eigenvalue weighted by molar-refractivity contribution is 9.10. The van der Waals surface area contributed by atoms with E-state index in [2.05, 4.69) is 76.7 Å². The van der Waals surface area contributed by atoms with E-state index in [9.17, 15) is 19.2 Å². The van der Waals surface area contributed by atoms with E-state index in [-0.39, 0.29) is 47.8 Å². The molecule has 2 aromatic carbocycles. The van der Waals surface area contributed by atoms with Crippen molar-refractivity contribution in [3.05, 3.63) is 69.4 Å². The number of nitrogens with one attached hydrogen (secondary N) is 4. The van der Waals surface area contributed by atoms with Crippen LogP contribution in [0.15, 0.2) is 57.7 Å². The van der Waals surface area contributed by atoms with Crippen LogP contribution in [-0.2, 0) is 19.1 Å². The number of imidazole rings is 2. The number of nitrogens with zero attached hydrogens (tertiary/aromatic N) is 4. The Morgan fingerprint density at radius 2 is 0.966 bits per heavy atom. The standard InChI is InChI=1S/C42H48Br2N8O6/c1-19(2)31(47-41(55)57-5)39(53)51-27-15-25(27)17-29(51)37-45-33(35(43)49-37)23-11-7-21(8-12-23)22-9-13-24(14-10-22)34-36(44)50-38(46-34)30-18-26-16-28(26)52(30)40(54)32(20(3)4)48-42(56)58-6/h7-14,19-20,25-32H,15-18H2,1-6H3,(H,45,49)(H,46,50)(H,47,55)(H,48,56)/t25-,26-,27-,28-,29+,30+,31+,32+/m1/s1. The van der Waals surface area contributed by atoms with Gasteiger partial charge in [-0.15, -0.1) is 0 Å². The van der Waals surface area contributed by atoms with Crippen molar-refractivity contribution in [3.8, 4) is 33.6 Å². The van der Waals surface area contributed by atoms with Crippen molar-refractivity contribution in [1.29, 1.82) is 0 Å². The highest BCUT2D eigenvalue weighted by Gasteiger charge is 2.57. The van der Waals surface area contributed by atoms with Gasteiger partial charge in [0.2, 0.25) is 11.8 Å². The third kappa shape index (κ3) is 7.53. The van der Waals surface area contributed by atoms with Crippen LogP contribution in [-0.4, -0.2) is 92.1 Å². The average Bonchev–Trinajstić information content (AvgIpc) is 3.92. The normalized spacial score (nSPS) is 24.0. The van der Waals surface area contributed by atoms with Crippen molar-refractivity contribution in [2.24, 2.45) is 23.7 Å². The minimum atomic E-state index is -0.695. The summed E-state index contributed by atoms with van der Waals surface area (Å²) in [6.45, 7) is 7.66. The number of aromatic amines is 2. The molecular formula is C42H48Br2N8O6. The number of alkyl carbamates (subject to hydrolysis) is 2. The number of carbonyl (C=O) groups excluding carboxylic acids is 4. The summed E-state index contributed by atoms with van der Waals surface area (Å²) in [6.07, 6.45) is 2.31. The third-order valence-corrected chi connectivity index (χ3v) is 13.3. The number of ether oxygens (including phenoxy) is 2. The van der Waals surface area contributed by atoms with Gasteiger partial charge in [-0.05, 0) is 92.3 Å². The van der Waals surface area contributed by atoms with Gasteiger partial charge in [-0.3, -0.25) is 9.59 Å². The molecule has 0 bridgehead atoms. The monoisotopic (exact) mass is 918 g/mol. The van der Waals surface area contributed by atoms with Gasteiger partial charge in [0.05, 0.1) is 26.3 Å². The first-order valence-corrected chi connectivity index (χ1v) is 21.4. The zero-order chi connectivity index (χ0) is 41.2. The van der Waals surface area contributed by atoms with Crippen LogP contribution in [0.2, 0.25) is 0 Å². The lowest BCUT2D eigenvalue weighted by Gasteiger charge is -2.31. The quantitative estimate of drug-likeness (QED) is 0.118. The number of halogens is 2. The van der Waals surface area contributed by atoms with Gasteiger partial charge in [-0.2, -0.15) is 0 Å². The number of rotatable bonds is 11. The van der Waals surface area contributed by atoms with E-state index < -0.39 is 24.3 Å². The molecule has 8 atom stereocenters. The van der Waals surface area contributed by atoms with Crippen molar-refractivity contribution >= 4 is 55.9 Å². The van der Waals surface area contributed by atoms with Gasteiger partial charge in [0.25, 0.3) is 0 Å². The van der Waals surface area contributed by atoms with Gasteiger partial charge in [0, 0.05) is 23.2 Å². The summed E-state index contributed by atoms with van der Waals surface area (Å²) in [4.78, 5) is 72.5. The number of hydrogen-bond donors (Lipinski definition) is 4. The molecule has 58 heavy (non-hydrogen) atoms. The summed E-state index contributed by atoms with van der Waals surface area (Å²) in [5.74, 6) is 1.83. The van der Waals surface area contributed by atoms with Gasteiger partial charge in [-0.25, -0.2) is 19.6 Å². The molecule has 14 nitrogen and oxygen atoms in total. The summed E-state index contributed by atoms with van der Waals surface area (Å²) in [6, 6.07) is 14.9. The third-order valence-electron chi connectivity index (χ3n) is 12.1. The first kappa shape index (κ1) is 40.1. The number of methoxy groups -OCH3 is 2. The van der Waals surface area contributed by atoms with Crippen molar-refractivity contribution in [2.75, 3.05) is 14.2 Å². The number of aromatic nitrogens is 4. The fourth-order valence-electron chi connectivity index (χ4n) is 8.83. The Hall–Kier alpha value is -4.70. The fraction of sp³-hybridized carbons (Fsp3) is 0.476. The van der Waals surface area contributed by atoms with E-state index in [1.54, 1.807) is 0 Å². The Balaban J connectivity index is 0.962. The number of likely N-dealkylation sites (tertiary alicyclic amines) is 2. The van der Waals surface area contributed by atoms with Gasteiger partial charge in [0.1, 0.15) is 44.3 Å². The highest BCUT2D eigenvalue weighted by Crippen LogP contribution is 2.55. The summed E-state index contributed by atoms with van der Waals surface area (Å²) in [7, 11) is 2.59. The zero-order valence-corrected chi connectivity index (χ0v) is 36.4. The van der Waals surface area contributed by atoms with Gasteiger partial charge < -0.3 is 39.9 Å². The number of benzene rings is 2. The minimum Gasteiger partial charge on any atom is -0.453 e. The molecule has 0 spiro atoms. The van der Waals surface area contributed by atoms with Crippen LogP contribution in [0.3, 0.4) is 0 Å². The van der Waals surface area contributed by atoms with Crippen molar-refractivity contribution in [2.45, 2.75) is 89.6 Å². The molecule has 0 unspecified atom stereocenters. The molecule has 306 valence electrons. The lowest BCUT2D eigenvalue weighted by Crippen LogP contribution is -2.52. The lowest BCUT2D eigenvalue weighted by atomic mass is 10.0. The van der Waals surface area contributed by atoms with Crippen molar-refractivity contribution in [3.63, 3.8) is 0 Å². The largest absolute Gasteiger partial charge is 0.453 e. The maximum absolute atomic E-state index is 13.9. The summed E-state index contributed by atoms with van der Waals surface area (Å²) < 4.78 is 11.1. The SMILES string of the molecule is COC(=O)N[C@H](C(=O)N1[C@@H]2C[C@@H]2C[C@H]1c1nc(-c2ccc(-c3ccc(-c4nc([C@@H]5C[C@H]6C[C@H]6N5C(=O)[C@@H](NC(=O)OC)C(C)C)[nH]c4Br)cc3)cc2)c(Br)[nH]1)C(C)C. The van der Waals surface area contributed by atoms with E-state index in [0.29, 0.717) is 11.8 Å². The number of carbonyl (C=O) groups is 4. The molecule has 4 amide bonds. The maximum atomic E-state index is 13.9. The Kier molecular flexibility index (Phi) is 10.9. The molecule has 4 heterocycles. The van der Waals surface area contributed by atoms with E-state index in [0.717, 1.165) is 80.2 Å². The molecule has 2 aliphatic carbocycles. The lowest BCUT2D eigenvalue weighted by molar-refractivity contribution is -0.137. The van der Waals surface area contributed by atoms with Crippen LogP contribution < -0.4 is 10.6 Å². The molecule has 2 saturated heterocycles. The zero-order valence-electron chi connectivity index (χ0n) is 33.2. The first-order chi connectivity index (χ1) is 27.8. The Morgan fingerprint density at radius 3 is 1.29 bits per heavy atom. The summed E-state index contributed by atoms with van der Waals surface area (Å²) in [5.41, 5.74) is 5.44. The van der Waals surface area contributed by atoms with E-state index in [4.69, 9.17) is 19.4 Å². The van der Waals surface area contributed by atoms with Gasteiger partial charge in [0.15, 0.2) is 0 Å². The molecule has 4 aliphatic rings. The van der Waals surface area contributed by atoms with Crippen LogP contribution in [0.5, 0.6) is 0 Å². The molecule has 4 fully saturated rings. The molecular weight excluding hydrogens is 872 g/mol. The van der Waals surface area contributed by atoms with E-state index >= 15 is 0 Å². The van der Waals surface area contributed by atoms with Crippen LogP contribution in [0.4, 0.5) is 9.59 Å². The van der Waals surface area contributed by atoms with E-state index in [1.807, 2.05) is 61.8 Å². The molecule has 16 heteroatoms. The fourth-order valence-corrected chi connectivity index (χ4v) is 9.87. The predicted octanol–water partition coefficient (Wildman–Crippen LogP) is 7.74. The second kappa shape index (κ2) is 15.8. The molecule has 2 aliphatic heterocycles. The van der Waals surface area contributed by atoms with Crippen LogP contribution in [0.1, 0.15) is 77.1 Å². The van der Waals surface area contributed by atoms with Crippen molar-refractivity contribution in [1.82, 2.24) is 40.4 Å². The predicted molar refractivity (Wildman–Crippen MR) is 223 cm³/mol. The number of H-pyrrole nitrogens is 2. The number of fused-ring (bicyclic) bond motifs is 2. The van der Waals surface area contributed by atoms with Gasteiger partial charge >= 0.3 is 12.2 Å². The summed E-state index contributed by atoms with van der Waals surface area (Å²) >= 11 is 7.39. The van der Waals surface area contributed by atoms with Crippen molar-refractivity contribution < 1.29 is 28.7 Å². The molecule has 8 rings (SSSR count). The molecule has 4 N–H and O–H groups in total. The van der Waals surface area contributed by atoms with Crippen LogP contribution in [0, 0.1) is 23.7 Å². The number of amides is 4. The first-order valence-electron chi connectivity index (χ1n) is 19.8. The topological polar surface area (TPSA) is 175 Å². The minimum absolute atomic E-state index is 0.112. The average molecular weight is 921 g/mol. The van der Waals surface area contributed by atoms with Crippen LogP contribution >= 0.6 is 31.9 Å². The Morgan fingerprint density at radius 1 is 0.621 bits per heavy atom. The van der Waals surface area contributed by atoms with Crippen LogP contribution in [0.25, 0.3) is 33.6 Å². The maximum Gasteiger partial charge on any atom is 0.407 e. The molecule has 0 radical (unpaired) electrons. The molecule has 2 aromatic heterocycles. The Labute approximate surface area is 353 Å². The smallest absolute Gasteiger partial charge is 0.407 e. The van der Waals surface area contributed by atoms with Gasteiger partial charge in [-0.1, -0.05) is 76.2 Å². The second-order valence-electron chi connectivity index (χ2n) is 16.6. The van der Waals surface area contributed by atoms with E-state index in [1.165, 1.54) is 14.2 Å². The molecule has 2 saturated carbocycles. The highest BCUT2D eigenvalue weighted by atomic mass is 79.9. The number of hydrogen-bond acceptors (Lipinski definition) is 8. The second-order valence-corrected chi connectivity index (χ2v) is 18.1. The molecule has 4 aromatic rings.